The summed E-state index contributed by atoms with van der Waals surface area (Å²) in [6.45, 7) is 8.80. The first-order valence-electron chi connectivity index (χ1n) is 7.47. The van der Waals surface area contributed by atoms with Gasteiger partial charge in [-0.15, -0.1) is 0 Å². The van der Waals surface area contributed by atoms with Crippen LogP contribution in [-0.2, 0) is 28.4 Å². The van der Waals surface area contributed by atoms with Gasteiger partial charge in [-0.3, -0.25) is 0 Å². The predicted octanol–water partition coefficient (Wildman–Crippen LogP) is 2.02. The van der Waals surface area contributed by atoms with Crippen LogP contribution >= 0.6 is 0 Å². The molecule has 22 heavy (non-hydrogen) atoms. The Morgan fingerprint density at radius 1 is 0.682 bits per heavy atom. The van der Waals surface area contributed by atoms with Gasteiger partial charge in [0.1, 0.15) is 12.2 Å². The highest BCUT2D eigenvalue weighted by molar-refractivity contribution is 5.60. The molecule has 7 heteroatoms. The topological polar surface area (TPSA) is 72.5 Å². The average molecular weight is 322 g/mol. The van der Waals surface area contributed by atoms with E-state index in [0.29, 0.717) is 13.2 Å². The second-order valence-corrected chi connectivity index (χ2v) is 5.31. The first-order valence-corrected chi connectivity index (χ1v) is 7.47. The summed E-state index contributed by atoms with van der Waals surface area (Å²) in [5.41, 5.74) is 0. The van der Waals surface area contributed by atoms with Crippen LogP contribution in [-0.4, -0.2) is 71.2 Å². The molecule has 0 heterocycles. The third-order valence-electron chi connectivity index (χ3n) is 2.63. The maximum Gasteiger partial charge on any atom is 0.508 e. The summed E-state index contributed by atoms with van der Waals surface area (Å²) in [4.78, 5) is 11.6. The van der Waals surface area contributed by atoms with Crippen LogP contribution in [0.15, 0.2) is 0 Å². The van der Waals surface area contributed by atoms with E-state index in [9.17, 15) is 4.79 Å². The van der Waals surface area contributed by atoms with Crippen LogP contribution in [0, 0.1) is 0 Å². The van der Waals surface area contributed by atoms with Crippen molar-refractivity contribution < 1.29 is 33.2 Å². The molecule has 4 unspecified atom stereocenters. The van der Waals surface area contributed by atoms with Crippen molar-refractivity contribution >= 4 is 6.16 Å². The molecule has 0 aliphatic carbocycles. The van der Waals surface area contributed by atoms with Crippen LogP contribution in [0.2, 0.25) is 0 Å². The van der Waals surface area contributed by atoms with Gasteiger partial charge in [-0.05, 0) is 27.7 Å². The van der Waals surface area contributed by atoms with Gasteiger partial charge in [0.25, 0.3) is 0 Å². The molecule has 0 saturated carbocycles. The predicted molar refractivity (Wildman–Crippen MR) is 81.1 cm³/mol. The molecule has 0 saturated heterocycles. The van der Waals surface area contributed by atoms with Gasteiger partial charge in [-0.2, -0.15) is 0 Å². The molecule has 4 atom stereocenters. The summed E-state index contributed by atoms with van der Waals surface area (Å²) in [5.74, 6) is 0. The molecule has 0 fully saturated rings. The first-order chi connectivity index (χ1) is 10.4. The number of carbonyl (C=O) groups excluding carboxylic acids is 1. The quantitative estimate of drug-likeness (QED) is 0.509. The van der Waals surface area contributed by atoms with Gasteiger partial charge in [-0.1, -0.05) is 0 Å². The lowest BCUT2D eigenvalue weighted by Crippen LogP contribution is -2.29. The summed E-state index contributed by atoms with van der Waals surface area (Å²) in [5, 5.41) is 0. The van der Waals surface area contributed by atoms with E-state index < -0.39 is 18.4 Å². The summed E-state index contributed by atoms with van der Waals surface area (Å²) in [7, 11) is 3.21. The normalized spacial score (nSPS) is 16.6. The van der Waals surface area contributed by atoms with E-state index >= 15 is 0 Å². The zero-order valence-electron chi connectivity index (χ0n) is 14.5. The number of ether oxygens (including phenoxy) is 6. The van der Waals surface area contributed by atoms with Gasteiger partial charge in [0.15, 0.2) is 0 Å². The minimum atomic E-state index is -0.731. The maximum atomic E-state index is 11.6. The Morgan fingerprint density at radius 2 is 1.05 bits per heavy atom. The number of methoxy groups -OCH3 is 2. The third-order valence-corrected chi connectivity index (χ3v) is 2.63. The fourth-order valence-electron chi connectivity index (χ4n) is 1.59. The largest absolute Gasteiger partial charge is 0.508 e. The summed E-state index contributed by atoms with van der Waals surface area (Å²) in [6, 6.07) is 0. The number of carbonyl (C=O) groups is 1. The standard InChI is InChI=1S/C15H30O7/c1-11(7-17-5)19-9-13(3)21-15(16)22-14(4)10-20-12(2)8-18-6/h11-14H,7-10H2,1-6H3. The highest BCUT2D eigenvalue weighted by Crippen LogP contribution is 2.03. The van der Waals surface area contributed by atoms with Crippen LogP contribution in [0.5, 0.6) is 0 Å². The van der Waals surface area contributed by atoms with E-state index in [1.165, 1.54) is 0 Å². The summed E-state index contributed by atoms with van der Waals surface area (Å²) < 4.78 is 31.0. The van der Waals surface area contributed by atoms with Crippen molar-refractivity contribution in [3.63, 3.8) is 0 Å². The lowest BCUT2D eigenvalue weighted by atomic mass is 10.4. The average Bonchev–Trinajstić information content (AvgIpc) is 2.43. The van der Waals surface area contributed by atoms with Gasteiger partial charge >= 0.3 is 6.16 Å². The Labute approximate surface area is 133 Å². The smallest absolute Gasteiger partial charge is 0.429 e. The molecule has 0 radical (unpaired) electrons. The van der Waals surface area contributed by atoms with Crippen molar-refractivity contribution in [1.29, 1.82) is 0 Å². The SMILES string of the molecule is COCC(C)OCC(C)OC(=O)OC(C)COC(C)COC. The second-order valence-electron chi connectivity index (χ2n) is 5.31. The lowest BCUT2D eigenvalue weighted by molar-refractivity contribution is -0.0689. The number of rotatable bonds is 12. The monoisotopic (exact) mass is 322 g/mol. The Morgan fingerprint density at radius 3 is 1.36 bits per heavy atom. The minimum absolute atomic E-state index is 0.0540. The zero-order chi connectivity index (χ0) is 17.0. The lowest BCUT2D eigenvalue weighted by Gasteiger charge is -2.19. The molecule has 0 aliphatic rings. The molecule has 0 amide bonds. The second kappa shape index (κ2) is 12.6. The van der Waals surface area contributed by atoms with Gasteiger partial charge < -0.3 is 28.4 Å². The van der Waals surface area contributed by atoms with Crippen LogP contribution in [0.3, 0.4) is 0 Å². The Kier molecular flexibility index (Phi) is 12.1. The molecule has 7 nitrogen and oxygen atoms in total. The summed E-state index contributed by atoms with van der Waals surface area (Å²) >= 11 is 0. The number of hydrogen-bond donors (Lipinski definition) is 0. The van der Waals surface area contributed by atoms with Crippen molar-refractivity contribution in [3.05, 3.63) is 0 Å². The molecule has 0 aromatic rings. The molecular formula is C15H30O7. The van der Waals surface area contributed by atoms with Crippen LogP contribution in [0.25, 0.3) is 0 Å². The van der Waals surface area contributed by atoms with E-state index in [1.807, 2.05) is 13.8 Å². The van der Waals surface area contributed by atoms with Gasteiger partial charge in [-0.25, -0.2) is 4.79 Å². The molecule has 0 aromatic heterocycles. The fraction of sp³-hybridized carbons (Fsp3) is 0.933. The maximum absolute atomic E-state index is 11.6. The van der Waals surface area contributed by atoms with E-state index in [2.05, 4.69) is 0 Å². The fourth-order valence-corrected chi connectivity index (χ4v) is 1.59. The summed E-state index contributed by atoms with van der Waals surface area (Å²) in [6.07, 6.45) is -1.63. The van der Waals surface area contributed by atoms with E-state index in [0.717, 1.165) is 0 Å². The molecule has 0 bridgehead atoms. The van der Waals surface area contributed by atoms with Crippen molar-refractivity contribution in [3.8, 4) is 0 Å². The van der Waals surface area contributed by atoms with Crippen molar-refractivity contribution in [2.24, 2.45) is 0 Å². The molecule has 0 aromatic carbocycles. The van der Waals surface area contributed by atoms with Crippen molar-refractivity contribution in [2.45, 2.75) is 52.1 Å². The van der Waals surface area contributed by atoms with E-state index in [-0.39, 0.29) is 25.4 Å². The highest BCUT2D eigenvalue weighted by atomic mass is 16.7. The zero-order valence-corrected chi connectivity index (χ0v) is 14.5. The molecule has 0 spiro atoms. The van der Waals surface area contributed by atoms with E-state index in [4.69, 9.17) is 28.4 Å². The molecule has 0 aliphatic heterocycles. The Bertz CT molecular complexity index is 259. The number of hydrogen-bond acceptors (Lipinski definition) is 7. The van der Waals surface area contributed by atoms with Gasteiger partial charge in [0.2, 0.25) is 0 Å². The third kappa shape index (κ3) is 11.7. The molecule has 132 valence electrons. The molecular weight excluding hydrogens is 292 g/mol. The highest BCUT2D eigenvalue weighted by Gasteiger charge is 2.16. The Hall–Kier alpha value is -0.890. The van der Waals surface area contributed by atoms with Crippen LogP contribution in [0.1, 0.15) is 27.7 Å². The van der Waals surface area contributed by atoms with Gasteiger partial charge in [0.05, 0.1) is 38.6 Å². The minimum Gasteiger partial charge on any atom is -0.429 e. The molecule has 0 rings (SSSR count). The first kappa shape index (κ1) is 21.1. The van der Waals surface area contributed by atoms with Gasteiger partial charge in [0, 0.05) is 14.2 Å². The van der Waals surface area contributed by atoms with Crippen molar-refractivity contribution in [1.82, 2.24) is 0 Å². The van der Waals surface area contributed by atoms with Crippen molar-refractivity contribution in [2.75, 3.05) is 40.6 Å². The molecule has 0 N–H and O–H groups in total. The van der Waals surface area contributed by atoms with E-state index in [1.54, 1.807) is 28.1 Å². The van der Waals surface area contributed by atoms with Crippen LogP contribution in [0.4, 0.5) is 4.79 Å². The van der Waals surface area contributed by atoms with Crippen LogP contribution < -0.4 is 0 Å². The Balaban J connectivity index is 3.82.